The van der Waals surface area contributed by atoms with Gasteiger partial charge in [0.2, 0.25) is 11.8 Å². The lowest BCUT2D eigenvalue weighted by Gasteiger charge is -2.36. The number of rotatable bonds is 11. The third-order valence-electron chi connectivity index (χ3n) is 11.7. The maximum absolute atomic E-state index is 13.1. The number of hydrogen-bond acceptors (Lipinski definition) is 7. The van der Waals surface area contributed by atoms with Crippen LogP contribution in [-0.2, 0) is 22.6 Å². The van der Waals surface area contributed by atoms with Gasteiger partial charge in [-0.2, -0.15) is 0 Å². The molecule has 0 saturated carbocycles. The second-order valence-corrected chi connectivity index (χ2v) is 15.0. The maximum Gasteiger partial charge on any atom is 0.255 e. The van der Waals surface area contributed by atoms with Crippen LogP contribution in [0.4, 0.5) is 5.69 Å². The van der Waals surface area contributed by atoms with E-state index in [2.05, 4.69) is 81.8 Å². The number of benzene rings is 4. The van der Waals surface area contributed by atoms with Gasteiger partial charge in [0.15, 0.2) is 0 Å². The van der Waals surface area contributed by atoms with Crippen molar-refractivity contribution < 1.29 is 24.2 Å². The Labute approximate surface area is 311 Å². The molecule has 2 N–H and O–H groups in total. The summed E-state index contributed by atoms with van der Waals surface area (Å²) in [6.45, 7) is 6.05. The van der Waals surface area contributed by atoms with Crippen LogP contribution in [-0.4, -0.2) is 78.0 Å². The number of nitrogens with zero attached hydrogens (tertiary/aromatic N) is 3. The maximum atomic E-state index is 13.1. The third-order valence-corrected chi connectivity index (χ3v) is 11.7. The molecule has 2 fully saturated rings. The first-order valence-electron chi connectivity index (χ1n) is 19.3. The molecular weight excluding hydrogens is 665 g/mol. The van der Waals surface area contributed by atoms with Crippen LogP contribution in [0.1, 0.15) is 88.5 Å². The molecule has 4 aromatic carbocycles. The Hall–Kier alpha value is -5.15. The highest BCUT2D eigenvalue weighted by Crippen LogP contribution is 2.47. The van der Waals surface area contributed by atoms with Gasteiger partial charge < -0.3 is 19.6 Å². The SMILES string of the molecule is O=C1CCC(N2Cc3cc(N4CCN(CCCCCOc5ccc(C6c7ccc(O)cc7CCC6c6ccccc6)cc5)CC4)ccc3C2=O)C(=O)N1. The normalized spacial score (nSPS) is 21.7. The van der Waals surface area contributed by atoms with Crippen LogP contribution in [0.2, 0.25) is 0 Å². The Balaban J connectivity index is 0.774. The number of phenolic OH excluding ortho intramolecular Hbond substituents is 1. The fraction of sp³-hybridized carbons (Fsp3) is 0.386. The van der Waals surface area contributed by atoms with Gasteiger partial charge in [0.25, 0.3) is 5.91 Å². The summed E-state index contributed by atoms with van der Waals surface area (Å²) < 4.78 is 6.18. The van der Waals surface area contributed by atoms with Crippen LogP contribution in [0.15, 0.2) is 91.0 Å². The second kappa shape index (κ2) is 15.4. The molecule has 0 aromatic heterocycles. The number of fused-ring (bicyclic) bond motifs is 2. The summed E-state index contributed by atoms with van der Waals surface area (Å²) in [7, 11) is 0. The van der Waals surface area contributed by atoms with Crippen LogP contribution < -0.4 is 15.0 Å². The van der Waals surface area contributed by atoms with E-state index in [1.54, 1.807) is 4.90 Å². The second-order valence-electron chi connectivity index (χ2n) is 15.0. The predicted molar refractivity (Wildman–Crippen MR) is 204 cm³/mol. The minimum Gasteiger partial charge on any atom is -0.508 e. The van der Waals surface area contributed by atoms with Crippen molar-refractivity contribution in [3.8, 4) is 11.5 Å². The van der Waals surface area contributed by atoms with Crippen molar-refractivity contribution in [2.24, 2.45) is 0 Å². The van der Waals surface area contributed by atoms with Crippen molar-refractivity contribution in [2.45, 2.75) is 69.4 Å². The number of ether oxygens (including phenoxy) is 1. The standard InChI is InChI=1S/C44H48N4O5/c49-35-13-18-38-32(28-35)11-16-37(30-7-3-1-4-8-30)42(38)31-9-14-36(15-10-31)53-26-6-2-5-21-46-22-24-47(25-23-46)34-12-17-39-33(27-34)29-48(44(39)52)40-19-20-41(50)45-43(40)51/h1,3-4,7-10,12-15,17-18,27-28,37,40,42,49H,2,5-6,11,16,19-26,29H2,(H,45,50,51). The van der Waals surface area contributed by atoms with Gasteiger partial charge in [-0.25, -0.2) is 0 Å². The Morgan fingerprint density at radius 1 is 0.755 bits per heavy atom. The number of phenols is 1. The molecule has 4 aromatic rings. The molecule has 0 spiro atoms. The molecule has 3 aliphatic heterocycles. The summed E-state index contributed by atoms with van der Waals surface area (Å²) in [5.74, 6) is 1.08. The fourth-order valence-corrected chi connectivity index (χ4v) is 8.84. The summed E-state index contributed by atoms with van der Waals surface area (Å²) in [4.78, 5) is 43.6. The Kier molecular flexibility index (Phi) is 10.2. The number of aryl methyl sites for hydroxylation is 1. The molecule has 274 valence electrons. The van der Waals surface area contributed by atoms with Crippen LogP contribution in [0.5, 0.6) is 11.5 Å². The molecule has 3 heterocycles. The summed E-state index contributed by atoms with van der Waals surface area (Å²) in [6.07, 6.45) is 5.92. The van der Waals surface area contributed by atoms with Gasteiger partial charge in [-0.3, -0.25) is 24.6 Å². The number of carbonyl (C=O) groups excluding carboxylic acids is 3. The van der Waals surface area contributed by atoms with Crippen LogP contribution >= 0.6 is 0 Å². The highest BCUT2D eigenvalue weighted by Gasteiger charge is 2.39. The number of unbranched alkanes of at least 4 members (excludes halogenated alkanes) is 2. The Morgan fingerprint density at radius 2 is 1.57 bits per heavy atom. The number of piperidine rings is 1. The minimum absolute atomic E-state index is 0.129. The quantitative estimate of drug-likeness (QED) is 0.137. The molecular formula is C44H48N4O5. The van der Waals surface area contributed by atoms with E-state index in [4.69, 9.17) is 4.74 Å². The molecule has 0 bridgehead atoms. The van der Waals surface area contributed by atoms with E-state index < -0.39 is 6.04 Å². The first-order valence-corrected chi connectivity index (χ1v) is 19.3. The molecule has 1 aliphatic carbocycles. The lowest BCUT2D eigenvalue weighted by atomic mass is 9.69. The smallest absolute Gasteiger partial charge is 0.255 e. The zero-order chi connectivity index (χ0) is 36.3. The van der Waals surface area contributed by atoms with E-state index in [-0.39, 0.29) is 30.1 Å². The third kappa shape index (κ3) is 7.53. The van der Waals surface area contributed by atoms with Gasteiger partial charge in [0, 0.05) is 56.3 Å². The van der Waals surface area contributed by atoms with Crippen molar-refractivity contribution in [3.05, 3.63) is 124 Å². The highest BCUT2D eigenvalue weighted by molar-refractivity contribution is 6.05. The van der Waals surface area contributed by atoms with Crippen LogP contribution in [0.25, 0.3) is 0 Å². The molecule has 9 heteroatoms. The molecule has 8 rings (SSSR count). The molecule has 53 heavy (non-hydrogen) atoms. The lowest BCUT2D eigenvalue weighted by molar-refractivity contribution is -0.136. The Morgan fingerprint density at radius 3 is 2.36 bits per heavy atom. The van der Waals surface area contributed by atoms with Gasteiger partial charge in [0.1, 0.15) is 17.5 Å². The molecule has 3 amide bonds. The number of hydrogen-bond donors (Lipinski definition) is 2. The number of imide groups is 1. The van der Waals surface area contributed by atoms with Crippen LogP contribution in [0, 0.1) is 0 Å². The van der Waals surface area contributed by atoms with E-state index in [1.165, 1.54) is 22.3 Å². The summed E-state index contributed by atoms with van der Waals surface area (Å²) in [5.41, 5.74) is 7.90. The summed E-state index contributed by atoms with van der Waals surface area (Å²) >= 11 is 0. The fourth-order valence-electron chi connectivity index (χ4n) is 8.84. The molecule has 3 atom stereocenters. The molecule has 4 aliphatic rings. The van der Waals surface area contributed by atoms with E-state index in [1.807, 2.05) is 24.3 Å². The van der Waals surface area contributed by atoms with Crippen molar-refractivity contribution in [1.82, 2.24) is 15.1 Å². The summed E-state index contributed by atoms with van der Waals surface area (Å²) in [5, 5.41) is 12.5. The predicted octanol–water partition coefficient (Wildman–Crippen LogP) is 6.39. The minimum atomic E-state index is -0.588. The van der Waals surface area contributed by atoms with Gasteiger partial charge in [-0.1, -0.05) is 48.5 Å². The average molecular weight is 713 g/mol. The number of nitrogens with one attached hydrogen (secondary N) is 1. The van der Waals surface area contributed by atoms with Gasteiger partial charge >= 0.3 is 0 Å². The highest BCUT2D eigenvalue weighted by atomic mass is 16.5. The van der Waals surface area contributed by atoms with Crippen molar-refractivity contribution in [1.29, 1.82) is 0 Å². The zero-order valence-corrected chi connectivity index (χ0v) is 30.2. The topological polar surface area (TPSA) is 102 Å². The zero-order valence-electron chi connectivity index (χ0n) is 30.2. The molecule has 2 saturated heterocycles. The molecule has 0 radical (unpaired) electrons. The number of aromatic hydroxyl groups is 1. The number of carbonyl (C=O) groups is 3. The van der Waals surface area contributed by atoms with Gasteiger partial charge in [0.05, 0.1) is 6.61 Å². The number of amides is 3. The van der Waals surface area contributed by atoms with Crippen molar-refractivity contribution in [2.75, 3.05) is 44.2 Å². The first kappa shape index (κ1) is 34.9. The number of piperazine rings is 1. The van der Waals surface area contributed by atoms with Gasteiger partial charge in [-0.15, -0.1) is 0 Å². The van der Waals surface area contributed by atoms with E-state index >= 15 is 0 Å². The summed E-state index contributed by atoms with van der Waals surface area (Å²) in [6, 6.07) is 30.8. The van der Waals surface area contributed by atoms with E-state index in [0.29, 0.717) is 36.8 Å². The van der Waals surface area contributed by atoms with Gasteiger partial charge in [-0.05, 0) is 121 Å². The van der Waals surface area contributed by atoms with E-state index in [0.717, 1.165) is 81.8 Å². The van der Waals surface area contributed by atoms with Crippen LogP contribution in [0.3, 0.4) is 0 Å². The van der Waals surface area contributed by atoms with Crippen molar-refractivity contribution >= 4 is 23.4 Å². The first-order chi connectivity index (χ1) is 25.9. The molecule has 3 unspecified atom stereocenters. The Bertz CT molecular complexity index is 1960. The largest absolute Gasteiger partial charge is 0.508 e. The van der Waals surface area contributed by atoms with Crippen molar-refractivity contribution in [3.63, 3.8) is 0 Å². The lowest BCUT2D eigenvalue weighted by Crippen LogP contribution is -2.52. The average Bonchev–Trinajstić information content (AvgIpc) is 3.51. The van der Waals surface area contributed by atoms with E-state index in [9.17, 15) is 19.5 Å². The molecule has 9 nitrogen and oxygen atoms in total. The number of anilines is 1. The monoisotopic (exact) mass is 712 g/mol.